The number of carbonyl (C=O) groups excluding carboxylic acids is 3. The number of aliphatic imine (C=N–C) groups is 1. The third-order valence-electron chi connectivity index (χ3n) is 5.22. The number of carbonyl (C=O) groups is 5. The lowest BCUT2D eigenvalue weighted by Crippen LogP contribution is -2.57. The van der Waals surface area contributed by atoms with Crippen molar-refractivity contribution >= 4 is 35.6 Å². The Morgan fingerprint density at radius 2 is 1.38 bits per heavy atom. The maximum atomic E-state index is 13.1. The van der Waals surface area contributed by atoms with Gasteiger partial charge < -0.3 is 49.1 Å². The zero-order chi connectivity index (χ0) is 28.5. The predicted octanol–water partition coefficient (Wildman–Crippen LogP) is -2.44. The van der Waals surface area contributed by atoms with Crippen LogP contribution in [-0.4, -0.2) is 83.1 Å². The predicted molar refractivity (Wildman–Crippen MR) is 136 cm³/mol. The van der Waals surface area contributed by atoms with E-state index in [4.69, 9.17) is 28.0 Å². The third kappa shape index (κ3) is 15.3. The number of rotatable bonds is 19. The van der Waals surface area contributed by atoms with E-state index in [-0.39, 0.29) is 37.7 Å². The Bertz CT molecular complexity index is 802. The van der Waals surface area contributed by atoms with E-state index in [1.807, 2.05) is 13.8 Å². The summed E-state index contributed by atoms with van der Waals surface area (Å²) in [5, 5.41) is 25.5. The molecule has 0 saturated carbocycles. The molecule has 37 heavy (non-hydrogen) atoms. The smallest absolute Gasteiger partial charge is 0.326 e. The first-order valence-electron chi connectivity index (χ1n) is 12.1. The van der Waals surface area contributed by atoms with Gasteiger partial charge >= 0.3 is 11.9 Å². The second kappa shape index (κ2) is 17.9. The Kier molecular flexibility index (Phi) is 16.2. The number of unbranched alkanes of at least 4 members (excludes halogenated alkanes) is 1. The van der Waals surface area contributed by atoms with Crippen molar-refractivity contribution in [2.24, 2.45) is 33.8 Å². The van der Waals surface area contributed by atoms with Gasteiger partial charge in [-0.2, -0.15) is 0 Å². The summed E-state index contributed by atoms with van der Waals surface area (Å²) in [4.78, 5) is 64.7. The largest absolute Gasteiger partial charge is 0.481 e. The van der Waals surface area contributed by atoms with Crippen LogP contribution in [-0.2, 0) is 24.0 Å². The van der Waals surface area contributed by atoms with Crippen LogP contribution >= 0.6 is 0 Å². The quantitative estimate of drug-likeness (QED) is 0.0480. The van der Waals surface area contributed by atoms with Crippen molar-refractivity contribution in [3.8, 4) is 0 Å². The highest BCUT2D eigenvalue weighted by Gasteiger charge is 2.31. The lowest BCUT2D eigenvalue weighted by Gasteiger charge is -2.26. The summed E-state index contributed by atoms with van der Waals surface area (Å²) in [6, 6.07) is -4.82. The van der Waals surface area contributed by atoms with Gasteiger partial charge in [0.15, 0.2) is 5.96 Å². The average molecular weight is 531 g/mol. The molecule has 0 rings (SSSR count). The van der Waals surface area contributed by atoms with Crippen molar-refractivity contribution < 1.29 is 34.2 Å². The molecule has 15 heteroatoms. The van der Waals surface area contributed by atoms with Crippen LogP contribution in [0.1, 0.15) is 58.8 Å². The van der Waals surface area contributed by atoms with Crippen molar-refractivity contribution in [3.05, 3.63) is 0 Å². The van der Waals surface area contributed by atoms with Crippen LogP contribution in [0.25, 0.3) is 0 Å². The van der Waals surface area contributed by atoms with E-state index in [1.165, 1.54) is 0 Å². The molecule has 0 bridgehead atoms. The highest BCUT2D eigenvalue weighted by Crippen LogP contribution is 2.09. The van der Waals surface area contributed by atoms with Gasteiger partial charge in [0.25, 0.3) is 0 Å². The first kappa shape index (κ1) is 33.5. The normalized spacial score (nSPS) is 14.1. The summed E-state index contributed by atoms with van der Waals surface area (Å²) >= 11 is 0. The molecule has 0 heterocycles. The van der Waals surface area contributed by atoms with Gasteiger partial charge in [0.05, 0.1) is 12.5 Å². The molecule has 13 N–H and O–H groups in total. The van der Waals surface area contributed by atoms with E-state index >= 15 is 0 Å². The van der Waals surface area contributed by atoms with E-state index in [2.05, 4.69) is 20.9 Å². The van der Waals surface area contributed by atoms with Gasteiger partial charge in [-0.3, -0.25) is 24.2 Å². The van der Waals surface area contributed by atoms with Crippen LogP contribution in [0.15, 0.2) is 4.99 Å². The van der Waals surface area contributed by atoms with Crippen molar-refractivity contribution in [2.45, 2.75) is 83.0 Å². The van der Waals surface area contributed by atoms with Gasteiger partial charge in [-0.25, -0.2) is 4.79 Å². The molecule has 0 fully saturated rings. The fourth-order valence-corrected chi connectivity index (χ4v) is 3.31. The molecule has 0 saturated heterocycles. The monoisotopic (exact) mass is 530 g/mol. The fourth-order valence-electron chi connectivity index (χ4n) is 3.31. The number of guanidine groups is 1. The second-order valence-electron chi connectivity index (χ2n) is 9.09. The van der Waals surface area contributed by atoms with Gasteiger partial charge in [0, 0.05) is 6.54 Å². The standard InChI is InChI=1S/C22H42N8O7/c1-12(2)10-15(29-18(33)13(24)6-3-4-8-23)20(35)28-14(7-5-9-27-22(25)26)19(34)30-16(21(36)37)11-17(31)32/h12-16H,3-11,23-24H2,1-2H3,(H,28,35)(H,29,33)(H,30,34)(H,31,32)(H,36,37)(H4,25,26,27). The van der Waals surface area contributed by atoms with Crippen LogP contribution < -0.4 is 38.9 Å². The number of amides is 3. The van der Waals surface area contributed by atoms with E-state index in [1.54, 1.807) is 0 Å². The summed E-state index contributed by atoms with van der Waals surface area (Å²) in [7, 11) is 0. The summed E-state index contributed by atoms with van der Waals surface area (Å²) in [6.07, 6.45) is 1.36. The zero-order valence-corrected chi connectivity index (χ0v) is 21.4. The number of aliphatic carboxylic acids is 2. The van der Waals surface area contributed by atoms with Crippen molar-refractivity contribution in [2.75, 3.05) is 13.1 Å². The average Bonchev–Trinajstić information content (AvgIpc) is 2.79. The summed E-state index contributed by atoms with van der Waals surface area (Å²) in [5.41, 5.74) is 22.0. The van der Waals surface area contributed by atoms with E-state index in [9.17, 15) is 29.1 Å². The molecule has 0 radical (unpaired) electrons. The van der Waals surface area contributed by atoms with Crippen LogP contribution in [0.2, 0.25) is 0 Å². The zero-order valence-electron chi connectivity index (χ0n) is 21.4. The summed E-state index contributed by atoms with van der Waals surface area (Å²) < 4.78 is 0. The molecule has 15 nitrogen and oxygen atoms in total. The Hall–Kier alpha value is -3.46. The number of carboxylic acids is 2. The van der Waals surface area contributed by atoms with Gasteiger partial charge in [-0.15, -0.1) is 0 Å². The molecular weight excluding hydrogens is 488 g/mol. The Labute approximate surface area is 216 Å². The summed E-state index contributed by atoms with van der Waals surface area (Å²) in [5.74, 6) is -5.26. The third-order valence-corrected chi connectivity index (χ3v) is 5.22. The van der Waals surface area contributed by atoms with Crippen molar-refractivity contribution in [1.82, 2.24) is 16.0 Å². The maximum Gasteiger partial charge on any atom is 0.326 e. The first-order valence-corrected chi connectivity index (χ1v) is 12.1. The lowest BCUT2D eigenvalue weighted by atomic mass is 10.0. The second-order valence-corrected chi connectivity index (χ2v) is 9.09. The van der Waals surface area contributed by atoms with Crippen LogP contribution in [0.3, 0.4) is 0 Å². The molecule has 212 valence electrons. The van der Waals surface area contributed by atoms with Gasteiger partial charge in [-0.1, -0.05) is 20.3 Å². The number of nitrogens with zero attached hydrogens (tertiary/aromatic N) is 1. The minimum atomic E-state index is -1.71. The highest BCUT2D eigenvalue weighted by atomic mass is 16.4. The topological polar surface area (TPSA) is 278 Å². The molecule has 0 aromatic heterocycles. The van der Waals surface area contributed by atoms with Crippen LogP contribution in [0.5, 0.6) is 0 Å². The van der Waals surface area contributed by atoms with E-state index < -0.39 is 60.2 Å². The molecule has 4 unspecified atom stereocenters. The van der Waals surface area contributed by atoms with Gasteiger partial charge in [0.1, 0.15) is 18.1 Å². The number of nitrogens with two attached hydrogens (primary N) is 4. The van der Waals surface area contributed by atoms with E-state index in [0.29, 0.717) is 25.8 Å². The van der Waals surface area contributed by atoms with Crippen molar-refractivity contribution in [3.63, 3.8) is 0 Å². The molecule has 4 atom stereocenters. The van der Waals surface area contributed by atoms with Gasteiger partial charge in [-0.05, 0) is 44.6 Å². The SMILES string of the molecule is CC(C)CC(NC(=O)C(N)CCCCN)C(=O)NC(CCCN=C(N)N)C(=O)NC(CC(=O)O)C(=O)O. The number of hydrogen-bond donors (Lipinski definition) is 9. The van der Waals surface area contributed by atoms with Crippen LogP contribution in [0, 0.1) is 5.92 Å². The first-order chi connectivity index (χ1) is 17.3. The lowest BCUT2D eigenvalue weighted by molar-refractivity contribution is -0.147. The minimum absolute atomic E-state index is 0.00864. The molecule has 0 aliphatic heterocycles. The number of hydrogen-bond acceptors (Lipinski definition) is 8. The molecule has 0 aromatic carbocycles. The Balaban J connectivity index is 5.59. The van der Waals surface area contributed by atoms with Crippen molar-refractivity contribution in [1.29, 1.82) is 0 Å². The molecule has 3 amide bonds. The van der Waals surface area contributed by atoms with Gasteiger partial charge in [0.2, 0.25) is 17.7 Å². The maximum absolute atomic E-state index is 13.1. The van der Waals surface area contributed by atoms with Crippen LogP contribution in [0.4, 0.5) is 0 Å². The highest BCUT2D eigenvalue weighted by molar-refractivity contribution is 5.94. The molecule has 0 spiro atoms. The molecule has 0 aliphatic carbocycles. The Morgan fingerprint density at radius 1 is 0.811 bits per heavy atom. The molecule has 0 aliphatic rings. The minimum Gasteiger partial charge on any atom is -0.481 e. The molecular formula is C22H42N8O7. The molecule has 0 aromatic rings. The number of nitrogens with one attached hydrogen (secondary N) is 3. The number of carboxylic acid groups (broad SMARTS) is 2. The fraction of sp³-hybridized carbons (Fsp3) is 0.727. The van der Waals surface area contributed by atoms with E-state index in [0.717, 1.165) is 0 Å². The summed E-state index contributed by atoms with van der Waals surface area (Å²) in [6.45, 7) is 4.28. The Morgan fingerprint density at radius 3 is 1.89 bits per heavy atom.